The van der Waals surface area contributed by atoms with E-state index in [-0.39, 0.29) is 0 Å². The molecule has 0 bridgehead atoms. The summed E-state index contributed by atoms with van der Waals surface area (Å²) < 4.78 is 26.5. The maximum Gasteiger partial charge on any atom is 0.301 e. The van der Waals surface area contributed by atoms with Crippen molar-refractivity contribution >= 4 is 27.7 Å². The fraction of sp³-hybridized carbons (Fsp3) is 0.333. The third-order valence-corrected chi connectivity index (χ3v) is 4.02. The number of nitrogens with zero attached hydrogens (tertiary/aromatic N) is 1. The van der Waals surface area contributed by atoms with Crippen LogP contribution in [0.4, 0.5) is 5.69 Å². The molecule has 0 aromatic heterocycles. The SMILES string of the molecule is CSc1ccc(NS(=O)(=O)N(C)C)cc1. The Labute approximate surface area is 94.9 Å². The van der Waals surface area contributed by atoms with Gasteiger partial charge in [0.15, 0.2) is 0 Å². The second kappa shape index (κ2) is 4.87. The Hall–Kier alpha value is -0.720. The summed E-state index contributed by atoms with van der Waals surface area (Å²) in [5.74, 6) is 0. The summed E-state index contributed by atoms with van der Waals surface area (Å²) in [6.07, 6.45) is 1.97. The van der Waals surface area contributed by atoms with Crippen molar-refractivity contribution in [1.29, 1.82) is 0 Å². The molecule has 0 aliphatic rings. The zero-order valence-electron chi connectivity index (χ0n) is 8.89. The summed E-state index contributed by atoms with van der Waals surface area (Å²) in [7, 11) is -0.425. The maximum absolute atomic E-state index is 11.5. The molecule has 6 heteroatoms. The van der Waals surface area contributed by atoms with Gasteiger partial charge in [-0.15, -0.1) is 11.8 Å². The Morgan fingerprint density at radius 3 is 2.13 bits per heavy atom. The number of rotatable bonds is 4. The molecule has 1 N–H and O–H groups in total. The number of benzene rings is 1. The van der Waals surface area contributed by atoms with Crippen LogP contribution in [0.5, 0.6) is 0 Å². The quantitative estimate of drug-likeness (QED) is 0.821. The average molecular weight is 246 g/mol. The fourth-order valence-corrected chi connectivity index (χ4v) is 1.92. The zero-order valence-corrected chi connectivity index (χ0v) is 10.5. The second-order valence-corrected chi connectivity index (χ2v) is 5.88. The van der Waals surface area contributed by atoms with Gasteiger partial charge in [-0.2, -0.15) is 12.7 Å². The minimum absolute atomic E-state index is 0.571. The topological polar surface area (TPSA) is 49.4 Å². The second-order valence-electron chi connectivity index (χ2n) is 3.12. The first-order valence-electron chi connectivity index (χ1n) is 4.30. The van der Waals surface area contributed by atoms with E-state index in [0.717, 1.165) is 9.20 Å². The summed E-state index contributed by atoms with van der Waals surface area (Å²) in [6, 6.07) is 7.23. The Morgan fingerprint density at radius 1 is 1.20 bits per heavy atom. The van der Waals surface area contributed by atoms with E-state index in [1.807, 2.05) is 18.4 Å². The lowest BCUT2D eigenvalue weighted by atomic mass is 10.3. The van der Waals surface area contributed by atoms with Crippen LogP contribution in [-0.4, -0.2) is 33.1 Å². The minimum Gasteiger partial charge on any atom is -0.271 e. The van der Waals surface area contributed by atoms with Crippen LogP contribution in [0.15, 0.2) is 29.2 Å². The molecule has 0 unspecified atom stereocenters. The number of thioether (sulfide) groups is 1. The van der Waals surface area contributed by atoms with Crippen LogP contribution in [0, 0.1) is 0 Å². The predicted molar refractivity (Wildman–Crippen MR) is 64.5 cm³/mol. The standard InChI is InChI=1S/C9H14N2O2S2/c1-11(2)15(12,13)10-8-4-6-9(14-3)7-5-8/h4-7,10H,1-3H3. The Balaban J connectivity index is 2.82. The number of hydrogen-bond acceptors (Lipinski definition) is 3. The van der Waals surface area contributed by atoms with Gasteiger partial charge in [-0.3, -0.25) is 4.72 Å². The highest BCUT2D eigenvalue weighted by Crippen LogP contribution is 2.18. The third-order valence-electron chi connectivity index (χ3n) is 1.82. The molecule has 0 saturated heterocycles. The van der Waals surface area contributed by atoms with Crippen molar-refractivity contribution < 1.29 is 8.42 Å². The van der Waals surface area contributed by atoms with Crippen molar-refractivity contribution in [1.82, 2.24) is 4.31 Å². The summed E-state index contributed by atoms with van der Waals surface area (Å²) in [4.78, 5) is 1.10. The molecule has 1 rings (SSSR count). The van der Waals surface area contributed by atoms with Gasteiger partial charge in [-0.25, -0.2) is 0 Å². The van der Waals surface area contributed by atoms with Gasteiger partial charge < -0.3 is 0 Å². The van der Waals surface area contributed by atoms with E-state index in [4.69, 9.17) is 0 Å². The molecular weight excluding hydrogens is 232 g/mol. The molecule has 0 radical (unpaired) electrons. The van der Waals surface area contributed by atoms with Crippen molar-refractivity contribution in [2.45, 2.75) is 4.90 Å². The van der Waals surface area contributed by atoms with Gasteiger partial charge in [0.1, 0.15) is 0 Å². The number of nitrogens with one attached hydrogen (secondary N) is 1. The van der Waals surface area contributed by atoms with Gasteiger partial charge in [0, 0.05) is 24.7 Å². The van der Waals surface area contributed by atoms with Crippen molar-refractivity contribution in [2.24, 2.45) is 0 Å². The molecule has 0 spiro atoms. The van der Waals surface area contributed by atoms with Crippen molar-refractivity contribution in [2.75, 3.05) is 25.1 Å². The Kier molecular flexibility index (Phi) is 4.01. The van der Waals surface area contributed by atoms with E-state index in [9.17, 15) is 8.42 Å². The van der Waals surface area contributed by atoms with Gasteiger partial charge in [0.25, 0.3) is 0 Å². The van der Waals surface area contributed by atoms with Crippen LogP contribution >= 0.6 is 11.8 Å². The van der Waals surface area contributed by atoms with Crippen LogP contribution in [0.25, 0.3) is 0 Å². The van der Waals surface area contributed by atoms with Crippen LogP contribution < -0.4 is 4.72 Å². The first kappa shape index (κ1) is 12.4. The molecule has 0 fully saturated rings. The summed E-state index contributed by atoms with van der Waals surface area (Å²) in [6.45, 7) is 0. The predicted octanol–water partition coefficient (Wildman–Crippen LogP) is 1.63. The smallest absolute Gasteiger partial charge is 0.271 e. The molecule has 0 amide bonds. The zero-order chi connectivity index (χ0) is 11.5. The van der Waals surface area contributed by atoms with E-state index >= 15 is 0 Å². The van der Waals surface area contributed by atoms with Gasteiger partial charge in [0.2, 0.25) is 0 Å². The third kappa shape index (κ3) is 3.40. The fourth-order valence-electron chi connectivity index (χ4n) is 0.899. The van der Waals surface area contributed by atoms with Gasteiger partial charge in [-0.05, 0) is 30.5 Å². The molecule has 0 heterocycles. The normalized spacial score (nSPS) is 11.7. The Morgan fingerprint density at radius 2 is 1.73 bits per heavy atom. The molecule has 1 aromatic carbocycles. The van der Waals surface area contributed by atoms with E-state index < -0.39 is 10.2 Å². The maximum atomic E-state index is 11.5. The largest absolute Gasteiger partial charge is 0.301 e. The lowest BCUT2D eigenvalue weighted by molar-refractivity contribution is 0.527. The van der Waals surface area contributed by atoms with Crippen LogP contribution in [-0.2, 0) is 10.2 Å². The van der Waals surface area contributed by atoms with Crippen LogP contribution in [0.2, 0.25) is 0 Å². The van der Waals surface area contributed by atoms with Gasteiger partial charge in [0.05, 0.1) is 0 Å². The highest BCUT2D eigenvalue weighted by molar-refractivity contribution is 7.98. The summed E-state index contributed by atoms with van der Waals surface area (Å²) in [5, 5.41) is 0. The van der Waals surface area contributed by atoms with Crippen LogP contribution in [0.1, 0.15) is 0 Å². The lowest BCUT2D eigenvalue weighted by Crippen LogP contribution is -2.28. The summed E-state index contributed by atoms with van der Waals surface area (Å²) in [5.41, 5.74) is 0.571. The van der Waals surface area contributed by atoms with Gasteiger partial charge in [-0.1, -0.05) is 0 Å². The molecule has 1 aromatic rings. The van der Waals surface area contributed by atoms with Crippen LogP contribution in [0.3, 0.4) is 0 Å². The molecule has 0 aliphatic heterocycles. The molecular formula is C9H14N2O2S2. The molecule has 15 heavy (non-hydrogen) atoms. The first-order valence-corrected chi connectivity index (χ1v) is 6.96. The van der Waals surface area contributed by atoms with E-state index in [0.29, 0.717) is 5.69 Å². The van der Waals surface area contributed by atoms with E-state index in [1.165, 1.54) is 14.1 Å². The monoisotopic (exact) mass is 246 g/mol. The highest BCUT2D eigenvalue weighted by Gasteiger charge is 2.12. The highest BCUT2D eigenvalue weighted by atomic mass is 32.2. The van der Waals surface area contributed by atoms with Crippen molar-refractivity contribution in [3.05, 3.63) is 24.3 Å². The van der Waals surface area contributed by atoms with E-state index in [1.54, 1.807) is 23.9 Å². The van der Waals surface area contributed by atoms with E-state index in [2.05, 4.69) is 4.72 Å². The summed E-state index contributed by atoms with van der Waals surface area (Å²) >= 11 is 1.61. The number of anilines is 1. The lowest BCUT2D eigenvalue weighted by Gasteiger charge is -2.13. The van der Waals surface area contributed by atoms with Crippen molar-refractivity contribution in [3.63, 3.8) is 0 Å². The molecule has 0 saturated carbocycles. The molecule has 84 valence electrons. The average Bonchev–Trinajstić information content (AvgIpc) is 2.18. The molecule has 4 nitrogen and oxygen atoms in total. The molecule has 0 aliphatic carbocycles. The Bertz CT molecular complexity index is 412. The van der Waals surface area contributed by atoms with Gasteiger partial charge >= 0.3 is 10.2 Å². The number of hydrogen-bond donors (Lipinski definition) is 1. The molecule has 0 atom stereocenters. The van der Waals surface area contributed by atoms with Crippen molar-refractivity contribution in [3.8, 4) is 0 Å². The minimum atomic E-state index is -3.39. The first-order chi connectivity index (χ1) is 6.95.